The zero-order valence-corrected chi connectivity index (χ0v) is 7.61. The quantitative estimate of drug-likeness (QED) is 0.733. The number of esters is 1. The van der Waals surface area contributed by atoms with Gasteiger partial charge in [-0.15, -0.1) is 0 Å². The topological polar surface area (TPSA) is 63.6 Å². The number of carbonyl (C=O) groups excluding carboxylic acids is 1. The third-order valence-electron chi connectivity index (χ3n) is 1.64. The summed E-state index contributed by atoms with van der Waals surface area (Å²) in [6, 6.07) is 4.22. The van der Waals surface area contributed by atoms with Crippen LogP contribution in [0.5, 0.6) is 0 Å². The highest BCUT2D eigenvalue weighted by atomic mass is 16.5. The van der Waals surface area contributed by atoms with Gasteiger partial charge in [0.2, 0.25) is 0 Å². The maximum atomic E-state index is 11.1. The largest absolute Gasteiger partial charge is 0.481 e. The molecule has 0 spiro atoms. The normalized spacial score (nSPS) is 10.5. The Morgan fingerprint density at radius 2 is 2.21 bits per heavy atom. The number of methoxy groups -OCH3 is 1. The number of rotatable bonds is 3. The van der Waals surface area contributed by atoms with Crippen molar-refractivity contribution in [1.82, 2.24) is 0 Å². The van der Waals surface area contributed by atoms with E-state index in [1.807, 2.05) is 0 Å². The lowest BCUT2D eigenvalue weighted by atomic mass is 10.1. The van der Waals surface area contributed by atoms with Crippen LogP contribution in [-0.2, 0) is 16.0 Å². The van der Waals surface area contributed by atoms with E-state index in [2.05, 4.69) is 4.74 Å². The molecule has 0 saturated heterocycles. The van der Waals surface area contributed by atoms with E-state index in [0.29, 0.717) is 5.56 Å². The Labute approximate surface area is 82.5 Å². The molecule has 14 heavy (non-hydrogen) atoms. The summed E-state index contributed by atoms with van der Waals surface area (Å²) in [6.07, 6.45) is -0.222. The fourth-order valence-corrected chi connectivity index (χ4v) is 0.975. The molecule has 0 atom stereocenters. The van der Waals surface area contributed by atoms with E-state index < -0.39 is 11.9 Å². The number of hydrogen-bond acceptors (Lipinski definition) is 3. The minimum absolute atomic E-state index is 0.0281. The van der Waals surface area contributed by atoms with Crippen LogP contribution in [0.4, 0.5) is 0 Å². The van der Waals surface area contributed by atoms with Crippen molar-refractivity contribution >= 4 is 11.9 Å². The Hall–Kier alpha value is -1.84. The summed E-state index contributed by atoms with van der Waals surface area (Å²) in [6.45, 7) is 0. The Balaban J connectivity index is 2.97. The van der Waals surface area contributed by atoms with Crippen molar-refractivity contribution in [2.24, 2.45) is 0 Å². The van der Waals surface area contributed by atoms with E-state index in [0.717, 1.165) is 0 Å². The van der Waals surface area contributed by atoms with Gasteiger partial charge in [0.1, 0.15) is 0 Å². The third-order valence-corrected chi connectivity index (χ3v) is 1.64. The van der Waals surface area contributed by atoms with Crippen molar-refractivity contribution in [3.05, 3.63) is 35.4 Å². The molecule has 0 unspecified atom stereocenters. The number of carboxylic acid groups (broad SMARTS) is 1. The van der Waals surface area contributed by atoms with Gasteiger partial charge in [-0.25, -0.2) is 4.79 Å². The van der Waals surface area contributed by atoms with Gasteiger partial charge in [-0.3, -0.25) is 4.79 Å². The van der Waals surface area contributed by atoms with Gasteiger partial charge in [0.05, 0.1) is 20.5 Å². The number of carboxylic acids is 1. The standard InChI is InChI=1S/C10H10O4/c1-14-10(13)8-4-2-7(3-5-8)6-9(11)12/h2-5H,6H2,1H3,(H,11,12)/i2D. The highest BCUT2D eigenvalue weighted by Crippen LogP contribution is 2.06. The lowest BCUT2D eigenvalue weighted by Gasteiger charge is -2.00. The van der Waals surface area contributed by atoms with Crippen LogP contribution < -0.4 is 0 Å². The van der Waals surface area contributed by atoms with E-state index in [4.69, 9.17) is 6.48 Å². The van der Waals surface area contributed by atoms with Crippen LogP contribution in [0.25, 0.3) is 0 Å². The maximum absolute atomic E-state index is 11.1. The second-order valence-electron chi connectivity index (χ2n) is 2.66. The lowest BCUT2D eigenvalue weighted by Crippen LogP contribution is -2.03. The molecular formula is C10H10O4. The van der Waals surface area contributed by atoms with E-state index in [1.54, 1.807) is 0 Å². The SMILES string of the molecule is [2H]c1cc(C(=O)OC)ccc1CC(=O)O. The minimum atomic E-state index is -1.01. The van der Waals surface area contributed by atoms with E-state index in [1.165, 1.54) is 25.3 Å². The molecule has 1 aromatic rings. The molecule has 74 valence electrons. The van der Waals surface area contributed by atoms with Crippen molar-refractivity contribution in [3.8, 4) is 0 Å². The van der Waals surface area contributed by atoms with Crippen molar-refractivity contribution in [2.75, 3.05) is 7.11 Å². The summed E-state index contributed by atoms with van der Waals surface area (Å²) in [7, 11) is 1.25. The monoisotopic (exact) mass is 195 g/mol. The molecule has 1 N–H and O–H groups in total. The number of aliphatic carboxylic acids is 1. The van der Waals surface area contributed by atoms with Crippen molar-refractivity contribution in [1.29, 1.82) is 0 Å². The fraction of sp³-hybridized carbons (Fsp3) is 0.200. The van der Waals surface area contributed by atoms with E-state index in [-0.39, 0.29) is 18.0 Å². The molecule has 0 aromatic heterocycles. The second kappa shape index (κ2) is 4.41. The van der Waals surface area contributed by atoms with Crippen LogP contribution in [0.1, 0.15) is 17.3 Å². The van der Waals surface area contributed by atoms with Gasteiger partial charge in [-0.1, -0.05) is 12.1 Å². The first-order chi connectivity index (χ1) is 7.04. The summed E-state index contributed by atoms with van der Waals surface area (Å²) in [4.78, 5) is 21.5. The first-order valence-electron chi connectivity index (χ1n) is 4.44. The maximum Gasteiger partial charge on any atom is 0.337 e. The molecule has 0 heterocycles. The zero-order chi connectivity index (χ0) is 11.4. The Morgan fingerprint density at radius 1 is 1.50 bits per heavy atom. The van der Waals surface area contributed by atoms with Crippen LogP contribution in [0.15, 0.2) is 24.2 Å². The predicted octanol–water partition coefficient (Wildman–Crippen LogP) is 1.10. The Kier molecular flexibility index (Phi) is 2.76. The highest BCUT2D eigenvalue weighted by molar-refractivity contribution is 5.89. The molecule has 0 aliphatic rings. The fourth-order valence-electron chi connectivity index (χ4n) is 0.975. The average molecular weight is 195 g/mol. The molecule has 0 aliphatic heterocycles. The molecule has 0 radical (unpaired) electrons. The van der Waals surface area contributed by atoms with Gasteiger partial charge in [0.25, 0.3) is 0 Å². The number of hydrogen-bond donors (Lipinski definition) is 1. The Bertz CT molecular complexity index is 400. The van der Waals surface area contributed by atoms with Gasteiger partial charge in [0, 0.05) is 0 Å². The number of benzene rings is 1. The summed E-state index contributed by atoms with van der Waals surface area (Å²) in [5, 5.41) is 8.54. The predicted molar refractivity (Wildman–Crippen MR) is 49.1 cm³/mol. The highest BCUT2D eigenvalue weighted by Gasteiger charge is 2.05. The molecule has 4 heteroatoms. The molecule has 0 aliphatic carbocycles. The minimum Gasteiger partial charge on any atom is -0.481 e. The lowest BCUT2D eigenvalue weighted by molar-refractivity contribution is -0.136. The summed E-state index contributed by atoms with van der Waals surface area (Å²) in [5.74, 6) is -1.54. The molecule has 1 aromatic carbocycles. The summed E-state index contributed by atoms with van der Waals surface area (Å²) >= 11 is 0. The molecule has 1 rings (SSSR count). The van der Waals surface area contributed by atoms with Crippen LogP contribution in [-0.4, -0.2) is 24.2 Å². The van der Waals surface area contributed by atoms with Gasteiger partial charge < -0.3 is 9.84 Å². The van der Waals surface area contributed by atoms with Gasteiger partial charge >= 0.3 is 11.9 Å². The summed E-state index contributed by atoms with van der Waals surface area (Å²) < 4.78 is 12.0. The molecule has 0 fully saturated rings. The van der Waals surface area contributed by atoms with E-state index in [9.17, 15) is 9.59 Å². The molecular weight excluding hydrogens is 184 g/mol. The Morgan fingerprint density at radius 3 is 2.71 bits per heavy atom. The van der Waals surface area contributed by atoms with Crippen molar-refractivity contribution in [2.45, 2.75) is 6.42 Å². The number of carbonyl (C=O) groups is 2. The number of ether oxygens (including phenoxy) is 1. The molecule has 0 amide bonds. The second-order valence-corrected chi connectivity index (χ2v) is 2.66. The van der Waals surface area contributed by atoms with Crippen molar-refractivity contribution < 1.29 is 20.8 Å². The molecule has 0 saturated carbocycles. The zero-order valence-electron chi connectivity index (χ0n) is 8.61. The first-order valence-corrected chi connectivity index (χ1v) is 3.94. The van der Waals surface area contributed by atoms with Gasteiger partial charge in [0.15, 0.2) is 0 Å². The smallest absolute Gasteiger partial charge is 0.337 e. The van der Waals surface area contributed by atoms with E-state index >= 15 is 0 Å². The third kappa shape index (κ3) is 2.58. The van der Waals surface area contributed by atoms with Crippen LogP contribution in [0.2, 0.25) is 0 Å². The molecule has 4 nitrogen and oxygen atoms in total. The van der Waals surface area contributed by atoms with Crippen LogP contribution in [0, 0.1) is 0 Å². The van der Waals surface area contributed by atoms with Gasteiger partial charge in [-0.05, 0) is 17.7 Å². The first kappa shape index (κ1) is 8.74. The van der Waals surface area contributed by atoms with Crippen LogP contribution in [0.3, 0.4) is 0 Å². The summed E-state index contributed by atoms with van der Waals surface area (Å²) in [5.41, 5.74) is 0.617. The molecule has 0 bridgehead atoms. The van der Waals surface area contributed by atoms with Crippen LogP contribution >= 0.6 is 0 Å². The van der Waals surface area contributed by atoms with Crippen molar-refractivity contribution in [3.63, 3.8) is 0 Å². The average Bonchev–Trinajstić information content (AvgIpc) is 2.19. The van der Waals surface area contributed by atoms with Gasteiger partial charge in [-0.2, -0.15) is 0 Å².